The molecule has 0 spiro atoms. The van der Waals surface area contributed by atoms with E-state index in [0.29, 0.717) is 5.82 Å². The van der Waals surface area contributed by atoms with Gasteiger partial charge in [-0.05, 0) is 60.7 Å². The van der Waals surface area contributed by atoms with Gasteiger partial charge in [0.1, 0.15) is 0 Å². The Morgan fingerprint density at radius 1 is 0.286 bits per heavy atom. The quantitative estimate of drug-likeness (QED) is 0.168. The van der Waals surface area contributed by atoms with Crippen molar-refractivity contribution in [2.24, 2.45) is 0 Å². The molecule has 0 aliphatic carbocycles. The summed E-state index contributed by atoms with van der Waals surface area (Å²) in [7, 11) is 0. The van der Waals surface area contributed by atoms with Crippen LogP contribution in [0.2, 0.25) is 0 Å². The molecule has 0 fully saturated rings. The van der Waals surface area contributed by atoms with Gasteiger partial charge < -0.3 is 13.7 Å². The normalized spacial score (nSPS) is 11.8. The summed E-state index contributed by atoms with van der Waals surface area (Å²) in [5.74, 6) is 0.693. The van der Waals surface area contributed by atoms with Crippen molar-refractivity contribution >= 4 is 65.4 Å². The molecule has 5 heteroatoms. The molecule has 0 amide bonds. The maximum absolute atomic E-state index is 5.30. The van der Waals surface area contributed by atoms with Gasteiger partial charge in [-0.2, -0.15) is 0 Å². The Hall–Kier alpha value is -8.54. The second-order valence-corrected chi connectivity index (χ2v) is 16.2. The summed E-state index contributed by atoms with van der Waals surface area (Å²) in [4.78, 5) is 10.4. The van der Waals surface area contributed by atoms with Gasteiger partial charge in [0.15, 0.2) is 5.82 Å². The predicted molar refractivity (Wildman–Crippen MR) is 261 cm³/mol. The van der Waals surface area contributed by atoms with E-state index in [0.717, 1.165) is 61.7 Å². The van der Waals surface area contributed by atoms with Gasteiger partial charge in [-0.15, -0.1) is 0 Å². The maximum atomic E-state index is 5.30. The van der Waals surface area contributed by atoms with E-state index in [-0.39, 0.29) is 0 Å². The lowest BCUT2D eigenvalue weighted by Gasteiger charge is -2.15. The van der Waals surface area contributed by atoms with Crippen molar-refractivity contribution in [1.29, 1.82) is 0 Å². The van der Waals surface area contributed by atoms with Crippen molar-refractivity contribution in [2.75, 3.05) is 0 Å². The van der Waals surface area contributed by atoms with Gasteiger partial charge in [0, 0.05) is 60.4 Å². The topological polar surface area (TPSA) is 40.6 Å². The molecule has 0 N–H and O–H groups in total. The Kier molecular flexibility index (Phi) is 7.84. The van der Waals surface area contributed by atoms with Crippen molar-refractivity contribution in [3.63, 3.8) is 0 Å². The summed E-state index contributed by atoms with van der Waals surface area (Å²) in [5, 5.41) is 7.23. The van der Waals surface area contributed by atoms with Crippen LogP contribution < -0.4 is 0 Å². The molecule has 0 aliphatic rings. The Morgan fingerprint density at radius 3 is 1.44 bits per heavy atom. The molecular weight excluding hydrogens is 767 g/mol. The maximum Gasteiger partial charge on any atom is 0.160 e. The minimum absolute atomic E-state index is 0.693. The standard InChI is InChI=1S/C58H37N5/c1-5-18-38(19-6-1)48-37-49(60-58(59-48)39-20-7-2-8-21-39)40-32-33-47-54(36-40)63(53-31-17-28-45-43-26-13-15-29-50(43)61(56(45)53)41-22-9-3-10-23-41)52-35-34-46-44-27-14-16-30-51(44)62(57(46)55(47)52)42-24-11-4-12-25-42/h1-37H. The third-order valence-electron chi connectivity index (χ3n) is 12.6. The number of nitrogens with zero attached hydrogens (tertiary/aromatic N) is 5. The highest BCUT2D eigenvalue weighted by Crippen LogP contribution is 2.45. The van der Waals surface area contributed by atoms with Crippen molar-refractivity contribution < 1.29 is 0 Å². The van der Waals surface area contributed by atoms with Crippen molar-refractivity contribution in [3.05, 3.63) is 224 Å². The summed E-state index contributed by atoms with van der Waals surface area (Å²) in [5.41, 5.74) is 15.0. The summed E-state index contributed by atoms with van der Waals surface area (Å²) >= 11 is 0. The van der Waals surface area contributed by atoms with E-state index in [2.05, 4.69) is 214 Å². The fourth-order valence-electron chi connectivity index (χ4n) is 9.92. The molecule has 13 rings (SSSR count). The van der Waals surface area contributed by atoms with Crippen LogP contribution in [0.3, 0.4) is 0 Å². The summed E-state index contributed by atoms with van der Waals surface area (Å²) in [6.07, 6.45) is 0. The Bertz CT molecular complexity index is 3820. The van der Waals surface area contributed by atoms with Gasteiger partial charge in [-0.25, -0.2) is 9.97 Å². The van der Waals surface area contributed by atoms with Crippen molar-refractivity contribution in [3.8, 4) is 51.0 Å². The molecule has 0 saturated heterocycles. The van der Waals surface area contributed by atoms with Crippen LogP contribution >= 0.6 is 0 Å². The zero-order valence-corrected chi connectivity index (χ0v) is 34.1. The molecule has 0 radical (unpaired) electrons. The van der Waals surface area contributed by atoms with Gasteiger partial charge >= 0.3 is 0 Å². The molecule has 5 nitrogen and oxygen atoms in total. The predicted octanol–water partition coefficient (Wildman–Crippen LogP) is 14.8. The van der Waals surface area contributed by atoms with E-state index >= 15 is 0 Å². The van der Waals surface area contributed by atoms with E-state index in [1.807, 2.05) is 24.3 Å². The van der Waals surface area contributed by atoms with E-state index in [1.165, 1.54) is 48.9 Å². The number of para-hydroxylation sites is 5. The van der Waals surface area contributed by atoms with E-state index in [9.17, 15) is 0 Å². The van der Waals surface area contributed by atoms with Crippen LogP contribution in [0, 0.1) is 0 Å². The molecule has 13 aromatic rings. The SMILES string of the molecule is c1ccc(-c2cc(-c3ccc4c5c(ccc6c7ccccc7n(-c7ccccc7)c65)n(-c5cccc6c7ccccc7n(-c7ccccc7)c56)c4c3)nc(-c3ccccc3)n2)cc1. The Labute approximate surface area is 363 Å². The van der Waals surface area contributed by atoms with Crippen LogP contribution in [0.25, 0.3) is 116 Å². The van der Waals surface area contributed by atoms with Crippen LogP contribution in [0.4, 0.5) is 0 Å². The molecule has 9 aromatic carbocycles. The second kappa shape index (κ2) is 14.0. The zero-order valence-electron chi connectivity index (χ0n) is 34.1. The van der Waals surface area contributed by atoms with Crippen LogP contribution in [-0.2, 0) is 0 Å². The number of fused-ring (bicyclic) bond motifs is 10. The fourth-order valence-corrected chi connectivity index (χ4v) is 9.92. The first-order valence-corrected chi connectivity index (χ1v) is 21.4. The van der Waals surface area contributed by atoms with Gasteiger partial charge in [-0.1, -0.05) is 164 Å². The first kappa shape index (κ1) is 35.2. The minimum atomic E-state index is 0.693. The van der Waals surface area contributed by atoms with Gasteiger partial charge in [0.05, 0.1) is 50.2 Å². The number of benzene rings is 9. The summed E-state index contributed by atoms with van der Waals surface area (Å²) in [6, 6.07) is 80.2. The van der Waals surface area contributed by atoms with Gasteiger partial charge in [0.2, 0.25) is 0 Å². The van der Waals surface area contributed by atoms with E-state index in [1.54, 1.807) is 0 Å². The third kappa shape index (κ3) is 5.43. The van der Waals surface area contributed by atoms with E-state index in [4.69, 9.17) is 9.97 Å². The van der Waals surface area contributed by atoms with Crippen LogP contribution in [0.5, 0.6) is 0 Å². The first-order valence-electron chi connectivity index (χ1n) is 21.4. The highest BCUT2D eigenvalue weighted by atomic mass is 15.1. The van der Waals surface area contributed by atoms with Crippen molar-refractivity contribution in [2.45, 2.75) is 0 Å². The molecule has 0 unspecified atom stereocenters. The van der Waals surface area contributed by atoms with Gasteiger partial charge in [0.25, 0.3) is 0 Å². The zero-order chi connectivity index (χ0) is 41.4. The fraction of sp³-hybridized carbons (Fsp3) is 0. The molecule has 4 aromatic heterocycles. The summed E-state index contributed by atoms with van der Waals surface area (Å²) < 4.78 is 7.39. The third-order valence-corrected chi connectivity index (χ3v) is 12.6. The number of hydrogen-bond donors (Lipinski definition) is 0. The minimum Gasteiger partial charge on any atom is -0.309 e. The number of aromatic nitrogens is 5. The molecule has 0 saturated carbocycles. The second-order valence-electron chi connectivity index (χ2n) is 16.2. The lowest BCUT2D eigenvalue weighted by molar-refractivity contribution is 1.13. The average Bonchev–Trinajstić information content (AvgIpc) is 4.00. The average molecular weight is 804 g/mol. The highest BCUT2D eigenvalue weighted by Gasteiger charge is 2.24. The number of hydrogen-bond acceptors (Lipinski definition) is 2. The summed E-state index contributed by atoms with van der Waals surface area (Å²) in [6.45, 7) is 0. The molecule has 63 heavy (non-hydrogen) atoms. The largest absolute Gasteiger partial charge is 0.309 e. The molecule has 0 bridgehead atoms. The van der Waals surface area contributed by atoms with E-state index < -0.39 is 0 Å². The number of rotatable bonds is 6. The van der Waals surface area contributed by atoms with Crippen LogP contribution in [0.1, 0.15) is 0 Å². The lowest BCUT2D eigenvalue weighted by Crippen LogP contribution is -2.01. The first-order chi connectivity index (χ1) is 31.3. The van der Waals surface area contributed by atoms with Crippen LogP contribution in [-0.4, -0.2) is 23.7 Å². The molecular formula is C58H37N5. The van der Waals surface area contributed by atoms with Crippen LogP contribution in [0.15, 0.2) is 224 Å². The lowest BCUT2D eigenvalue weighted by atomic mass is 10.0. The van der Waals surface area contributed by atoms with Gasteiger partial charge in [-0.3, -0.25) is 0 Å². The Morgan fingerprint density at radius 2 is 0.794 bits per heavy atom. The van der Waals surface area contributed by atoms with Crippen molar-refractivity contribution in [1.82, 2.24) is 23.7 Å². The monoisotopic (exact) mass is 803 g/mol. The molecule has 294 valence electrons. The molecule has 0 aliphatic heterocycles. The molecule has 0 atom stereocenters. The Balaban J connectivity index is 1.19. The smallest absolute Gasteiger partial charge is 0.160 e. The molecule has 4 heterocycles. The highest BCUT2D eigenvalue weighted by molar-refractivity contribution is 6.27.